The zero-order valence-corrected chi connectivity index (χ0v) is 24.1. The quantitative estimate of drug-likeness (QED) is 0.234. The zero-order chi connectivity index (χ0) is 27.0. The Bertz CT molecular complexity index is 1240. The highest BCUT2D eigenvalue weighted by Crippen LogP contribution is 2.37. The summed E-state index contributed by atoms with van der Waals surface area (Å²) in [6, 6.07) is 2.35. The van der Waals surface area contributed by atoms with Crippen LogP contribution in [-0.2, 0) is 30.1 Å². The third-order valence-corrected chi connectivity index (χ3v) is 12.6. The van der Waals surface area contributed by atoms with E-state index in [9.17, 15) is 13.2 Å². The Balaban J connectivity index is 1.52. The molecule has 0 atom stereocenters. The van der Waals surface area contributed by atoms with Gasteiger partial charge in [0.25, 0.3) is 0 Å². The van der Waals surface area contributed by atoms with Gasteiger partial charge in [-0.15, -0.1) is 21.5 Å². The summed E-state index contributed by atoms with van der Waals surface area (Å²) in [7, 11) is -1.82. The number of hydrogen-bond donors (Lipinski definition) is 0. The van der Waals surface area contributed by atoms with Gasteiger partial charge in [-0.25, -0.2) is 0 Å². The van der Waals surface area contributed by atoms with E-state index < -0.39 is 20.3 Å². The molecule has 13 heteroatoms. The van der Waals surface area contributed by atoms with Crippen LogP contribution in [0.15, 0.2) is 6.07 Å². The summed E-state index contributed by atoms with van der Waals surface area (Å²) in [6.07, 6.45) is -1.90. The van der Waals surface area contributed by atoms with E-state index in [1.54, 1.807) is 11.3 Å². The average Bonchev–Trinajstić information content (AvgIpc) is 3.41. The Kier molecular flexibility index (Phi) is 7.87. The Morgan fingerprint density at radius 2 is 1.84 bits per heavy atom. The summed E-state index contributed by atoms with van der Waals surface area (Å²) in [5, 5.41) is 8.23. The molecule has 4 rings (SSSR count). The second-order valence-corrected chi connectivity index (χ2v) is 16.8. The van der Waals surface area contributed by atoms with Crippen molar-refractivity contribution in [3.63, 3.8) is 0 Å². The van der Waals surface area contributed by atoms with Crippen LogP contribution in [0.25, 0.3) is 10.2 Å². The number of halogens is 3. The minimum atomic E-state index is -4.53. The van der Waals surface area contributed by atoms with Crippen molar-refractivity contribution in [1.82, 2.24) is 24.7 Å². The minimum Gasteiger partial charge on any atom is -0.463 e. The number of aryl methyl sites for hydroxylation is 1. The molecule has 0 aliphatic carbocycles. The van der Waals surface area contributed by atoms with Gasteiger partial charge < -0.3 is 18.6 Å². The molecule has 0 amide bonds. The highest BCUT2D eigenvalue weighted by Gasteiger charge is 2.40. The van der Waals surface area contributed by atoms with Crippen molar-refractivity contribution in [2.24, 2.45) is 0 Å². The van der Waals surface area contributed by atoms with E-state index in [1.807, 2.05) is 4.90 Å². The lowest BCUT2D eigenvalue weighted by atomic mass is 10.2. The van der Waals surface area contributed by atoms with Gasteiger partial charge in [-0.2, -0.15) is 23.1 Å². The van der Waals surface area contributed by atoms with Crippen molar-refractivity contribution in [2.75, 3.05) is 24.7 Å². The van der Waals surface area contributed by atoms with Gasteiger partial charge in [0.2, 0.25) is 5.82 Å². The predicted octanol–water partition coefficient (Wildman–Crippen LogP) is 6.07. The third-order valence-electron chi connectivity index (χ3n) is 6.99. The van der Waals surface area contributed by atoms with Gasteiger partial charge in [-0.3, -0.25) is 0 Å². The van der Waals surface area contributed by atoms with Crippen LogP contribution < -0.4 is 9.64 Å². The van der Waals surface area contributed by atoms with E-state index in [1.165, 1.54) is 4.88 Å². The lowest BCUT2D eigenvalue weighted by molar-refractivity contribution is -0.147. The summed E-state index contributed by atoms with van der Waals surface area (Å²) >= 11 is 1.60. The van der Waals surface area contributed by atoms with Gasteiger partial charge >= 0.3 is 12.2 Å². The number of anilines is 1. The van der Waals surface area contributed by atoms with Gasteiger partial charge in [-0.05, 0) is 30.6 Å². The first-order chi connectivity index (χ1) is 17.3. The Morgan fingerprint density at radius 1 is 1.08 bits per heavy atom. The molecule has 0 aromatic carbocycles. The number of alkyl halides is 3. The molecule has 0 N–H and O–H groups in total. The first-order valence-electron chi connectivity index (χ1n) is 12.6. The number of thiophene rings is 1. The van der Waals surface area contributed by atoms with Crippen molar-refractivity contribution in [1.29, 1.82) is 0 Å². The predicted molar refractivity (Wildman–Crippen MR) is 141 cm³/mol. The first-order valence-corrected chi connectivity index (χ1v) is 16.3. The van der Waals surface area contributed by atoms with Gasteiger partial charge in [0.15, 0.2) is 14.1 Å². The SMILES string of the molecule is CCCc1cc2c(N3CCn4c(nnc4C(F)(F)F)C3)nc(OCCCO[Si](C)(C)C(C)(C)C)nc2s1. The summed E-state index contributed by atoms with van der Waals surface area (Å²) < 4.78 is 53.2. The van der Waals surface area contributed by atoms with Gasteiger partial charge in [-0.1, -0.05) is 34.1 Å². The standard InChI is InChI=1S/C24H35F3N6O2SSi/c1-7-9-16-14-17-19(32-10-11-33-18(15-32)30-31-21(33)24(25,26)27)28-22(29-20(17)36-16)34-12-8-13-35-37(5,6)23(2,3)4/h14H,7-13,15H2,1-6H3. The minimum absolute atomic E-state index is 0.121. The van der Waals surface area contributed by atoms with Gasteiger partial charge in [0, 0.05) is 31.0 Å². The van der Waals surface area contributed by atoms with E-state index >= 15 is 0 Å². The molecule has 37 heavy (non-hydrogen) atoms. The van der Waals surface area contributed by atoms with Crippen molar-refractivity contribution >= 4 is 35.7 Å². The van der Waals surface area contributed by atoms with E-state index in [4.69, 9.17) is 14.1 Å². The molecular weight excluding hydrogens is 521 g/mol. The van der Waals surface area contributed by atoms with Crippen LogP contribution >= 0.6 is 11.3 Å². The molecule has 0 bridgehead atoms. The molecule has 0 unspecified atom stereocenters. The second-order valence-electron chi connectivity index (χ2n) is 10.8. The fourth-order valence-corrected chi connectivity index (χ4v) is 6.13. The highest BCUT2D eigenvalue weighted by atomic mass is 32.1. The number of aromatic nitrogens is 5. The normalized spacial score (nSPS) is 14.9. The Morgan fingerprint density at radius 3 is 2.51 bits per heavy atom. The van der Waals surface area contributed by atoms with Crippen LogP contribution in [0.3, 0.4) is 0 Å². The van der Waals surface area contributed by atoms with E-state index in [-0.39, 0.29) is 30.0 Å². The highest BCUT2D eigenvalue weighted by molar-refractivity contribution is 7.18. The van der Waals surface area contributed by atoms with Gasteiger partial charge in [0.1, 0.15) is 10.6 Å². The smallest absolute Gasteiger partial charge is 0.451 e. The number of hydrogen-bond acceptors (Lipinski definition) is 8. The topological polar surface area (TPSA) is 78.2 Å². The molecule has 3 aromatic heterocycles. The molecule has 0 spiro atoms. The van der Waals surface area contributed by atoms with Gasteiger partial charge in [0.05, 0.1) is 18.5 Å². The largest absolute Gasteiger partial charge is 0.463 e. The summed E-state index contributed by atoms with van der Waals surface area (Å²) in [6.45, 7) is 14.8. The maximum absolute atomic E-state index is 13.3. The molecule has 0 radical (unpaired) electrons. The van der Waals surface area contributed by atoms with Crippen molar-refractivity contribution in [3.05, 3.63) is 22.6 Å². The van der Waals surface area contributed by atoms with E-state index in [2.05, 4.69) is 62.0 Å². The number of ether oxygens (including phenoxy) is 1. The number of nitrogens with zero attached hydrogens (tertiary/aromatic N) is 6. The van der Waals surface area contributed by atoms with Crippen LogP contribution in [0.4, 0.5) is 19.0 Å². The van der Waals surface area contributed by atoms with E-state index in [0.29, 0.717) is 32.0 Å². The molecule has 3 aromatic rings. The Labute approximate surface area is 220 Å². The molecule has 4 heterocycles. The summed E-state index contributed by atoms with van der Waals surface area (Å²) in [4.78, 5) is 13.3. The molecule has 1 aliphatic rings. The van der Waals surface area contributed by atoms with Crippen LogP contribution in [0.1, 0.15) is 57.1 Å². The molecule has 1 aliphatic heterocycles. The van der Waals surface area contributed by atoms with Crippen LogP contribution in [0.5, 0.6) is 6.01 Å². The summed E-state index contributed by atoms with van der Waals surface area (Å²) in [5.41, 5.74) is 0. The zero-order valence-electron chi connectivity index (χ0n) is 22.3. The molecule has 204 valence electrons. The molecule has 8 nitrogen and oxygen atoms in total. The monoisotopic (exact) mass is 556 g/mol. The average molecular weight is 557 g/mol. The number of rotatable bonds is 9. The van der Waals surface area contributed by atoms with Crippen molar-refractivity contribution in [2.45, 2.75) is 84.4 Å². The van der Waals surface area contributed by atoms with Crippen molar-refractivity contribution < 1.29 is 22.3 Å². The van der Waals surface area contributed by atoms with Crippen LogP contribution in [0.2, 0.25) is 18.1 Å². The first kappa shape index (κ1) is 27.8. The maximum atomic E-state index is 13.3. The maximum Gasteiger partial charge on any atom is 0.451 e. The fraction of sp³-hybridized carbons (Fsp3) is 0.667. The molecule has 0 saturated heterocycles. The van der Waals surface area contributed by atoms with Crippen molar-refractivity contribution in [3.8, 4) is 6.01 Å². The fourth-order valence-electron chi connectivity index (χ4n) is 3.93. The lowest BCUT2D eigenvalue weighted by Crippen LogP contribution is -2.41. The lowest BCUT2D eigenvalue weighted by Gasteiger charge is -2.36. The molecule has 0 saturated carbocycles. The third kappa shape index (κ3) is 6.09. The second kappa shape index (κ2) is 10.5. The van der Waals surface area contributed by atoms with Crippen LogP contribution in [0, 0.1) is 0 Å². The Hall–Kier alpha value is -2.25. The molecule has 0 fully saturated rings. The van der Waals surface area contributed by atoms with Crippen LogP contribution in [-0.4, -0.2) is 52.8 Å². The van der Waals surface area contributed by atoms with E-state index in [0.717, 1.165) is 27.6 Å². The number of fused-ring (bicyclic) bond motifs is 2. The molecular formula is C24H35F3N6O2SSi. The summed E-state index contributed by atoms with van der Waals surface area (Å²) in [5.74, 6) is -0.0433.